The van der Waals surface area contributed by atoms with Crippen molar-refractivity contribution in [3.05, 3.63) is 29.8 Å². The Bertz CT molecular complexity index is 720. The van der Waals surface area contributed by atoms with Crippen molar-refractivity contribution in [2.45, 2.75) is 43.3 Å². The molecule has 1 saturated heterocycles. The lowest BCUT2D eigenvalue weighted by Crippen LogP contribution is -2.40. The van der Waals surface area contributed by atoms with Crippen LogP contribution in [-0.4, -0.2) is 39.7 Å². The summed E-state index contributed by atoms with van der Waals surface area (Å²) in [6, 6.07) is 7.30. The van der Waals surface area contributed by atoms with E-state index in [0.29, 0.717) is 6.61 Å². The third kappa shape index (κ3) is 5.03. The zero-order valence-electron chi connectivity index (χ0n) is 13.4. The molecule has 0 saturated carbocycles. The van der Waals surface area contributed by atoms with Gasteiger partial charge in [0.25, 0.3) is 15.9 Å². The van der Waals surface area contributed by atoms with Gasteiger partial charge in [0.2, 0.25) is 0 Å². The van der Waals surface area contributed by atoms with Gasteiger partial charge in [-0.15, -0.1) is 0 Å². The van der Waals surface area contributed by atoms with Gasteiger partial charge in [0.05, 0.1) is 29.2 Å². The van der Waals surface area contributed by atoms with Crippen molar-refractivity contribution >= 4 is 15.9 Å². The normalized spacial score (nSPS) is 19.2. The number of benzene rings is 1. The van der Waals surface area contributed by atoms with Crippen LogP contribution in [0.5, 0.6) is 0 Å². The first-order valence-corrected chi connectivity index (χ1v) is 9.21. The molecule has 0 bridgehead atoms. The van der Waals surface area contributed by atoms with Gasteiger partial charge in [-0.2, -0.15) is 5.26 Å². The molecule has 0 unspecified atom stereocenters. The van der Waals surface area contributed by atoms with Gasteiger partial charge in [0, 0.05) is 6.61 Å². The number of nitrogens with zero attached hydrogens (tertiary/aromatic N) is 1. The Labute approximate surface area is 141 Å². The molecular weight excluding hydrogens is 332 g/mol. The van der Waals surface area contributed by atoms with Crippen LogP contribution in [0.3, 0.4) is 0 Å². The highest BCUT2D eigenvalue weighted by Gasteiger charge is 2.24. The van der Waals surface area contributed by atoms with Crippen molar-refractivity contribution in [2.24, 2.45) is 0 Å². The minimum absolute atomic E-state index is 0.0575. The Morgan fingerprint density at radius 3 is 2.96 bits per heavy atom. The fraction of sp³-hybridized carbons (Fsp3) is 0.500. The lowest BCUT2D eigenvalue weighted by atomic mass is 10.1. The molecule has 1 aromatic rings. The van der Waals surface area contributed by atoms with Crippen LogP contribution in [0, 0.1) is 11.3 Å². The third-order valence-corrected chi connectivity index (χ3v) is 5.03. The summed E-state index contributed by atoms with van der Waals surface area (Å²) in [6.45, 7) is 2.41. The van der Waals surface area contributed by atoms with Crippen molar-refractivity contribution < 1.29 is 22.7 Å². The van der Waals surface area contributed by atoms with Gasteiger partial charge in [0.1, 0.15) is 6.10 Å². The van der Waals surface area contributed by atoms with Crippen LogP contribution in [0.15, 0.2) is 29.2 Å². The largest absolute Gasteiger partial charge is 0.376 e. The minimum Gasteiger partial charge on any atom is -0.376 e. The second kappa shape index (κ2) is 8.24. The van der Waals surface area contributed by atoms with Crippen LogP contribution in [0.4, 0.5) is 0 Å². The monoisotopic (exact) mass is 352 g/mol. The summed E-state index contributed by atoms with van der Waals surface area (Å²) in [5.74, 6) is -0.756. The highest BCUT2D eigenvalue weighted by molar-refractivity contribution is 7.90. The maximum Gasteiger partial charge on any atom is 0.264 e. The molecule has 0 spiro atoms. The number of sulfonamides is 1. The Hall–Kier alpha value is -1.95. The van der Waals surface area contributed by atoms with Gasteiger partial charge >= 0.3 is 0 Å². The van der Waals surface area contributed by atoms with Crippen LogP contribution in [0.25, 0.3) is 0 Å². The number of hydrogen-bond acceptors (Lipinski definition) is 6. The number of carbonyl (C=O) groups is 1. The predicted octanol–water partition coefficient (Wildman–Crippen LogP) is 1.34. The molecule has 8 heteroatoms. The van der Waals surface area contributed by atoms with Crippen LogP contribution in [-0.2, 0) is 24.3 Å². The molecular formula is C16H20N2O5S. The van der Waals surface area contributed by atoms with Crippen LogP contribution < -0.4 is 4.72 Å². The molecule has 1 aliphatic rings. The van der Waals surface area contributed by atoms with Crippen molar-refractivity contribution in [2.75, 3.05) is 13.2 Å². The fourth-order valence-corrected chi connectivity index (χ4v) is 3.36. The van der Waals surface area contributed by atoms with Crippen molar-refractivity contribution in [1.29, 1.82) is 5.26 Å². The van der Waals surface area contributed by atoms with Gasteiger partial charge in [0.15, 0.2) is 0 Å². The summed E-state index contributed by atoms with van der Waals surface area (Å²) >= 11 is 0. The number of amides is 1. The predicted molar refractivity (Wildman–Crippen MR) is 85.5 cm³/mol. The fourth-order valence-electron chi connectivity index (χ4n) is 2.27. The third-order valence-electron chi connectivity index (χ3n) is 3.68. The second-order valence-corrected chi connectivity index (χ2v) is 7.26. The summed E-state index contributed by atoms with van der Waals surface area (Å²) in [4.78, 5) is 11.9. The van der Waals surface area contributed by atoms with E-state index in [9.17, 15) is 13.2 Å². The van der Waals surface area contributed by atoms with Crippen LogP contribution in [0.1, 0.15) is 31.7 Å². The summed E-state index contributed by atoms with van der Waals surface area (Å²) in [6.07, 6.45) is 1.96. The van der Waals surface area contributed by atoms with E-state index >= 15 is 0 Å². The molecule has 1 aromatic carbocycles. The maximum atomic E-state index is 12.2. The molecule has 0 aromatic heterocycles. The van der Waals surface area contributed by atoms with E-state index in [4.69, 9.17) is 14.7 Å². The Morgan fingerprint density at radius 1 is 1.50 bits per heavy atom. The van der Waals surface area contributed by atoms with E-state index in [0.717, 1.165) is 19.3 Å². The molecule has 130 valence electrons. The second-order valence-electron chi connectivity index (χ2n) is 5.57. The molecule has 2 atom stereocenters. The standard InChI is InChI=1S/C16H20N2O5S/c1-12(23-11-14-6-2-3-8-22-14)16(19)18-24(20,21)15-7-4-5-13(9-15)10-17/h4-5,7,9,12,14H,2-3,6,8,11H2,1H3,(H,18,19)/t12-,14-/m0/s1. The molecule has 2 rings (SSSR count). The summed E-state index contributed by atoms with van der Waals surface area (Å²) in [7, 11) is -4.04. The van der Waals surface area contributed by atoms with Crippen LogP contribution in [0.2, 0.25) is 0 Å². The first-order valence-electron chi connectivity index (χ1n) is 7.72. The Morgan fingerprint density at radius 2 is 2.29 bits per heavy atom. The average Bonchev–Trinajstić information content (AvgIpc) is 2.60. The molecule has 1 N–H and O–H groups in total. The number of rotatable bonds is 6. The summed E-state index contributed by atoms with van der Waals surface area (Å²) < 4.78 is 37.3. The molecule has 7 nitrogen and oxygen atoms in total. The van der Waals surface area contributed by atoms with E-state index in [2.05, 4.69) is 0 Å². The topological polar surface area (TPSA) is 105 Å². The lowest BCUT2D eigenvalue weighted by molar-refractivity contribution is -0.133. The highest BCUT2D eigenvalue weighted by atomic mass is 32.2. The quantitative estimate of drug-likeness (QED) is 0.828. The van der Waals surface area contributed by atoms with E-state index in [1.54, 1.807) is 0 Å². The van der Waals surface area contributed by atoms with Crippen molar-refractivity contribution in [3.8, 4) is 6.07 Å². The van der Waals surface area contributed by atoms with Gasteiger partial charge < -0.3 is 9.47 Å². The van der Waals surface area contributed by atoms with Gasteiger partial charge in [-0.3, -0.25) is 4.79 Å². The van der Waals surface area contributed by atoms with Crippen molar-refractivity contribution in [3.63, 3.8) is 0 Å². The van der Waals surface area contributed by atoms with Gasteiger partial charge in [-0.25, -0.2) is 13.1 Å². The Balaban J connectivity index is 1.92. The summed E-state index contributed by atoms with van der Waals surface area (Å²) in [5, 5.41) is 8.83. The molecule has 0 aliphatic carbocycles. The zero-order valence-corrected chi connectivity index (χ0v) is 14.2. The minimum atomic E-state index is -4.04. The smallest absolute Gasteiger partial charge is 0.264 e. The zero-order chi connectivity index (χ0) is 17.6. The highest BCUT2D eigenvalue weighted by Crippen LogP contribution is 2.14. The number of hydrogen-bond donors (Lipinski definition) is 1. The number of carbonyl (C=O) groups excluding carboxylic acids is 1. The lowest BCUT2D eigenvalue weighted by Gasteiger charge is -2.23. The first kappa shape index (κ1) is 18.4. The van der Waals surface area contributed by atoms with E-state index in [1.165, 1.54) is 31.2 Å². The van der Waals surface area contributed by atoms with Gasteiger partial charge in [-0.1, -0.05) is 6.07 Å². The van der Waals surface area contributed by atoms with E-state index < -0.39 is 22.0 Å². The maximum absolute atomic E-state index is 12.2. The molecule has 1 aliphatic heterocycles. The first-order chi connectivity index (χ1) is 11.4. The average molecular weight is 352 g/mol. The molecule has 24 heavy (non-hydrogen) atoms. The molecule has 1 fully saturated rings. The number of nitrogens with one attached hydrogen (secondary N) is 1. The van der Waals surface area contributed by atoms with E-state index in [-0.39, 0.29) is 23.2 Å². The number of nitriles is 1. The molecule has 1 heterocycles. The van der Waals surface area contributed by atoms with E-state index in [1.807, 2.05) is 10.8 Å². The van der Waals surface area contributed by atoms with Crippen LogP contribution >= 0.6 is 0 Å². The SMILES string of the molecule is C[C@H](OC[C@@H]1CCCCO1)C(=O)NS(=O)(=O)c1cccc(C#N)c1. The molecule has 0 radical (unpaired) electrons. The molecule has 1 amide bonds. The summed E-state index contributed by atoms with van der Waals surface area (Å²) in [5.41, 5.74) is 0.198. The Kier molecular flexibility index (Phi) is 6.31. The van der Waals surface area contributed by atoms with Crippen molar-refractivity contribution in [1.82, 2.24) is 4.72 Å². The number of ether oxygens (including phenoxy) is 2. The van der Waals surface area contributed by atoms with Gasteiger partial charge in [-0.05, 0) is 44.4 Å².